The summed E-state index contributed by atoms with van der Waals surface area (Å²) in [6, 6.07) is 0. The molecule has 8 heteroatoms. The van der Waals surface area contributed by atoms with E-state index in [1.54, 1.807) is 0 Å². The summed E-state index contributed by atoms with van der Waals surface area (Å²) < 4.78 is 13.0. The largest absolute Gasteiger partial charge is 0.378 e. The zero-order chi connectivity index (χ0) is 12.1. The first-order valence-corrected chi connectivity index (χ1v) is 6.45. The number of ether oxygens (including phenoxy) is 1. The highest BCUT2D eigenvalue weighted by atomic mass is 35.5. The summed E-state index contributed by atoms with van der Waals surface area (Å²) in [4.78, 5) is 13.6. The molecule has 0 unspecified atom stereocenters. The summed E-state index contributed by atoms with van der Waals surface area (Å²) in [6.45, 7) is 3.12. The van der Waals surface area contributed by atoms with Gasteiger partial charge in [0.2, 0.25) is 5.91 Å². The van der Waals surface area contributed by atoms with Gasteiger partial charge in [0, 0.05) is 26.1 Å². The average molecular weight is 277 g/mol. The first kappa shape index (κ1) is 12.5. The number of anilines is 1. The molecule has 1 fully saturated rings. The van der Waals surface area contributed by atoms with E-state index in [0.29, 0.717) is 50.2 Å². The van der Waals surface area contributed by atoms with Crippen LogP contribution >= 0.6 is 23.3 Å². The molecular weight excluding hydrogens is 264 g/mol. The lowest BCUT2D eigenvalue weighted by molar-refractivity contribution is -0.134. The number of nitrogens with one attached hydrogen (secondary N) is 1. The van der Waals surface area contributed by atoms with Crippen LogP contribution in [-0.4, -0.2) is 52.4 Å². The predicted molar refractivity (Wildman–Crippen MR) is 65.4 cm³/mol. The van der Waals surface area contributed by atoms with Crippen LogP contribution in [0.25, 0.3) is 0 Å². The lowest BCUT2D eigenvalue weighted by Gasteiger charge is -2.26. The van der Waals surface area contributed by atoms with Gasteiger partial charge in [-0.3, -0.25) is 4.79 Å². The summed E-state index contributed by atoms with van der Waals surface area (Å²) in [5, 5.41) is 3.34. The molecule has 6 nitrogen and oxygen atoms in total. The van der Waals surface area contributed by atoms with Gasteiger partial charge < -0.3 is 15.0 Å². The second-order valence-electron chi connectivity index (χ2n) is 3.57. The Labute approximate surface area is 108 Å². The number of rotatable bonds is 4. The normalized spacial score (nSPS) is 15.9. The second kappa shape index (κ2) is 6.13. The van der Waals surface area contributed by atoms with Crippen LogP contribution in [0.15, 0.2) is 0 Å². The molecule has 1 aromatic heterocycles. The molecule has 1 aliphatic heterocycles. The molecule has 17 heavy (non-hydrogen) atoms. The molecule has 0 aliphatic carbocycles. The molecule has 2 heterocycles. The van der Waals surface area contributed by atoms with Gasteiger partial charge in [0.25, 0.3) is 0 Å². The third-order valence-electron chi connectivity index (χ3n) is 2.44. The molecule has 2 rings (SSSR count). The third kappa shape index (κ3) is 3.52. The Hall–Kier alpha value is -0.920. The van der Waals surface area contributed by atoms with Crippen LogP contribution in [0.3, 0.4) is 0 Å². The first-order valence-electron chi connectivity index (χ1n) is 5.35. The van der Waals surface area contributed by atoms with E-state index in [0.717, 1.165) is 11.7 Å². The van der Waals surface area contributed by atoms with Crippen LogP contribution in [-0.2, 0) is 9.53 Å². The minimum atomic E-state index is 0.125. The van der Waals surface area contributed by atoms with Crippen molar-refractivity contribution in [3.63, 3.8) is 0 Å². The quantitative estimate of drug-likeness (QED) is 0.883. The van der Waals surface area contributed by atoms with Crippen molar-refractivity contribution in [2.24, 2.45) is 0 Å². The molecular formula is C9H13ClN4O2S. The number of hydrogen-bond donors (Lipinski definition) is 1. The minimum Gasteiger partial charge on any atom is -0.378 e. The molecule has 1 N–H and O–H groups in total. The number of nitrogens with zero attached hydrogens (tertiary/aromatic N) is 3. The molecule has 1 aromatic rings. The zero-order valence-corrected chi connectivity index (χ0v) is 10.8. The molecule has 0 spiro atoms. The smallest absolute Gasteiger partial charge is 0.224 e. The van der Waals surface area contributed by atoms with Crippen LogP contribution in [0, 0.1) is 0 Å². The van der Waals surface area contributed by atoms with E-state index in [4.69, 9.17) is 16.3 Å². The van der Waals surface area contributed by atoms with Gasteiger partial charge in [-0.25, -0.2) is 0 Å². The van der Waals surface area contributed by atoms with E-state index in [1.165, 1.54) is 0 Å². The summed E-state index contributed by atoms with van der Waals surface area (Å²) in [5.41, 5.74) is 0. The Balaban J connectivity index is 1.71. The number of amides is 1. The fraction of sp³-hybridized carbons (Fsp3) is 0.667. The van der Waals surface area contributed by atoms with E-state index in [1.807, 2.05) is 4.90 Å². The Bertz CT molecular complexity index is 381. The first-order chi connectivity index (χ1) is 8.27. The Kier molecular flexibility index (Phi) is 4.52. The molecule has 0 bridgehead atoms. The number of carbonyl (C=O) groups excluding carboxylic acids is 1. The summed E-state index contributed by atoms with van der Waals surface area (Å²) in [7, 11) is 0. The van der Waals surface area contributed by atoms with Crippen molar-refractivity contribution in [1.82, 2.24) is 13.6 Å². The lowest BCUT2D eigenvalue weighted by Crippen LogP contribution is -2.41. The standard InChI is InChI=1S/C9H13ClN4O2S/c10-8-9(13-17-12-8)11-2-1-7(15)14-3-5-16-6-4-14/h1-6H2,(H,11,13). The van der Waals surface area contributed by atoms with Gasteiger partial charge in [-0.15, -0.1) is 0 Å². The number of aromatic nitrogens is 2. The van der Waals surface area contributed by atoms with Crippen LogP contribution in [0.5, 0.6) is 0 Å². The van der Waals surface area contributed by atoms with E-state index in [2.05, 4.69) is 14.1 Å². The van der Waals surface area contributed by atoms with Crippen LogP contribution in [0.4, 0.5) is 5.82 Å². The Morgan fingerprint density at radius 3 is 2.88 bits per heavy atom. The fourth-order valence-corrected chi connectivity index (χ4v) is 2.23. The van der Waals surface area contributed by atoms with Crippen molar-refractivity contribution in [2.45, 2.75) is 6.42 Å². The lowest BCUT2D eigenvalue weighted by atomic mass is 10.3. The highest BCUT2D eigenvalue weighted by molar-refractivity contribution is 6.99. The average Bonchev–Trinajstić information content (AvgIpc) is 2.76. The molecule has 0 saturated carbocycles. The van der Waals surface area contributed by atoms with Crippen molar-refractivity contribution >= 4 is 35.1 Å². The monoisotopic (exact) mass is 276 g/mol. The van der Waals surface area contributed by atoms with Crippen LogP contribution in [0.2, 0.25) is 5.15 Å². The van der Waals surface area contributed by atoms with Gasteiger partial charge >= 0.3 is 0 Å². The van der Waals surface area contributed by atoms with Gasteiger partial charge in [0.05, 0.1) is 24.9 Å². The number of morpholine rings is 1. The maximum atomic E-state index is 11.8. The van der Waals surface area contributed by atoms with Gasteiger partial charge in [-0.1, -0.05) is 11.6 Å². The Morgan fingerprint density at radius 2 is 2.24 bits per heavy atom. The van der Waals surface area contributed by atoms with Gasteiger partial charge in [0.15, 0.2) is 11.0 Å². The molecule has 1 saturated heterocycles. The molecule has 0 atom stereocenters. The van der Waals surface area contributed by atoms with E-state index < -0.39 is 0 Å². The van der Waals surface area contributed by atoms with Crippen LogP contribution < -0.4 is 5.32 Å². The number of halogens is 1. The van der Waals surface area contributed by atoms with E-state index in [9.17, 15) is 4.79 Å². The molecule has 1 aliphatic rings. The topological polar surface area (TPSA) is 67.4 Å². The predicted octanol–water partition coefficient (Wildman–Crippen LogP) is 0.852. The van der Waals surface area contributed by atoms with Gasteiger partial charge in [-0.2, -0.15) is 8.75 Å². The van der Waals surface area contributed by atoms with Crippen molar-refractivity contribution in [3.8, 4) is 0 Å². The van der Waals surface area contributed by atoms with Gasteiger partial charge in [0.1, 0.15) is 0 Å². The molecule has 0 radical (unpaired) electrons. The fourth-order valence-electron chi connectivity index (χ4n) is 1.54. The van der Waals surface area contributed by atoms with Gasteiger partial charge in [-0.05, 0) is 0 Å². The summed E-state index contributed by atoms with van der Waals surface area (Å²) in [5.74, 6) is 0.673. The number of carbonyl (C=O) groups is 1. The molecule has 94 valence electrons. The van der Waals surface area contributed by atoms with Crippen molar-refractivity contribution in [2.75, 3.05) is 38.2 Å². The van der Waals surface area contributed by atoms with Crippen molar-refractivity contribution in [3.05, 3.63) is 5.15 Å². The SMILES string of the molecule is O=C(CCNc1nsnc1Cl)N1CCOCC1. The summed E-state index contributed by atoms with van der Waals surface area (Å²) in [6.07, 6.45) is 0.424. The summed E-state index contributed by atoms with van der Waals surface area (Å²) >= 11 is 6.81. The van der Waals surface area contributed by atoms with Crippen LogP contribution in [0.1, 0.15) is 6.42 Å². The molecule has 0 aromatic carbocycles. The number of hydrogen-bond acceptors (Lipinski definition) is 6. The van der Waals surface area contributed by atoms with Crippen molar-refractivity contribution in [1.29, 1.82) is 0 Å². The highest BCUT2D eigenvalue weighted by Gasteiger charge is 2.16. The minimum absolute atomic E-state index is 0.125. The molecule has 1 amide bonds. The maximum Gasteiger partial charge on any atom is 0.224 e. The maximum absolute atomic E-state index is 11.8. The third-order valence-corrected chi connectivity index (χ3v) is 3.34. The van der Waals surface area contributed by atoms with E-state index in [-0.39, 0.29) is 5.91 Å². The zero-order valence-electron chi connectivity index (χ0n) is 9.19. The highest BCUT2D eigenvalue weighted by Crippen LogP contribution is 2.17. The van der Waals surface area contributed by atoms with Crippen molar-refractivity contribution < 1.29 is 9.53 Å². The van der Waals surface area contributed by atoms with E-state index >= 15 is 0 Å². The Morgan fingerprint density at radius 1 is 1.47 bits per heavy atom. The second-order valence-corrected chi connectivity index (χ2v) is 4.46.